The van der Waals surface area contributed by atoms with Crippen LogP contribution in [0.2, 0.25) is 5.02 Å². The number of likely N-dealkylation sites (N-methyl/N-ethyl adjacent to an activating group) is 1. The number of amides is 2. The van der Waals surface area contributed by atoms with Crippen LogP contribution >= 0.6 is 11.6 Å². The van der Waals surface area contributed by atoms with Crippen LogP contribution in [0.1, 0.15) is 19.4 Å². The Morgan fingerprint density at radius 2 is 1.86 bits per heavy atom. The highest BCUT2D eigenvalue weighted by atomic mass is 35.5. The first-order valence-corrected chi connectivity index (χ1v) is 9.40. The molecule has 0 heterocycles. The number of benzene rings is 2. The maximum absolute atomic E-state index is 12.9. The molecular formula is C21H25ClN2O4. The van der Waals surface area contributed by atoms with Crippen molar-refractivity contribution in [2.24, 2.45) is 0 Å². The Balaban J connectivity index is 2.14. The van der Waals surface area contributed by atoms with E-state index in [-0.39, 0.29) is 25.0 Å². The summed E-state index contributed by atoms with van der Waals surface area (Å²) in [6, 6.07) is 13.5. The summed E-state index contributed by atoms with van der Waals surface area (Å²) in [6.45, 7) is 4.10. The molecule has 0 aliphatic heterocycles. The fourth-order valence-corrected chi connectivity index (χ4v) is 2.76. The normalized spacial score (nSPS) is 11.4. The Morgan fingerprint density at radius 3 is 2.50 bits per heavy atom. The van der Waals surface area contributed by atoms with Gasteiger partial charge in [-0.05, 0) is 55.8 Å². The van der Waals surface area contributed by atoms with Crippen LogP contribution in [0.25, 0.3) is 0 Å². The van der Waals surface area contributed by atoms with E-state index in [0.717, 1.165) is 5.56 Å². The second-order valence-electron chi connectivity index (χ2n) is 6.19. The number of nitrogens with zero attached hydrogens (tertiary/aromatic N) is 1. The van der Waals surface area contributed by atoms with Gasteiger partial charge in [0, 0.05) is 18.1 Å². The van der Waals surface area contributed by atoms with Gasteiger partial charge in [0.25, 0.3) is 5.91 Å². The topological polar surface area (TPSA) is 67.9 Å². The Labute approximate surface area is 170 Å². The first-order chi connectivity index (χ1) is 13.4. The van der Waals surface area contributed by atoms with E-state index in [1.807, 2.05) is 31.2 Å². The van der Waals surface area contributed by atoms with E-state index in [9.17, 15) is 9.59 Å². The van der Waals surface area contributed by atoms with Crippen LogP contribution in [0, 0.1) is 0 Å². The quantitative estimate of drug-likeness (QED) is 0.696. The minimum Gasteiger partial charge on any atom is -0.497 e. The Morgan fingerprint density at radius 1 is 1.14 bits per heavy atom. The van der Waals surface area contributed by atoms with E-state index in [4.69, 9.17) is 21.1 Å². The molecule has 0 aliphatic carbocycles. The Kier molecular flexibility index (Phi) is 8.14. The predicted octanol–water partition coefficient (Wildman–Crippen LogP) is 3.28. The van der Waals surface area contributed by atoms with Crippen LogP contribution in [0.3, 0.4) is 0 Å². The van der Waals surface area contributed by atoms with Crippen molar-refractivity contribution in [3.8, 4) is 11.5 Å². The summed E-state index contributed by atoms with van der Waals surface area (Å²) in [7, 11) is 1.58. The van der Waals surface area contributed by atoms with Gasteiger partial charge in [0.1, 0.15) is 17.5 Å². The Hall–Kier alpha value is -2.73. The second kappa shape index (κ2) is 10.6. The van der Waals surface area contributed by atoms with Gasteiger partial charge in [-0.25, -0.2) is 0 Å². The van der Waals surface area contributed by atoms with Crippen molar-refractivity contribution in [1.29, 1.82) is 0 Å². The Bertz CT molecular complexity index is 795. The minimum atomic E-state index is -0.646. The number of hydrogen-bond donors (Lipinski definition) is 1. The van der Waals surface area contributed by atoms with Gasteiger partial charge in [0.15, 0.2) is 6.61 Å². The van der Waals surface area contributed by atoms with E-state index >= 15 is 0 Å². The van der Waals surface area contributed by atoms with E-state index < -0.39 is 6.04 Å². The number of hydrogen-bond acceptors (Lipinski definition) is 4. The van der Waals surface area contributed by atoms with E-state index in [1.165, 1.54) is 4.90 Å². The maximum atomic E-state index is 12.9. The number of ether oxygens (including phenoxy) is 2. The number of nitrogens with one attached hydrogen (secondary N) is 1. The average molecular weight is 405 g/mol. The van der Waals surface area contributed by atoms with Gasteiger partial charge in [-0.3, -0.25) is 9.59 Å². The lowest BCUT2D eigenvalue weighted by Gasteiger charge is -2.28. The summed E-state index contributed by atoms with van der Waals surface area (Å²) in [5.41, 5.74) is 0.857. The van der Waals surface area contributed by atoms with Crippen molar-refractivity contribution in [3.63, 3.8) is 0 Å². The van der Waals surface area contributed by atoms with Crippen molar-refractivity contribution < 1.29 is 19.1 Å². The molecule has 150 valence electrons. The van der Waals surface area contributed by atoms with Crippen LogP contribution < -0.4 is 14.8 Å². The molecule has 0 bridgehead atoms. The molecule has 2 amide bonds. The highest BCUT2D eigenvalue weighted by molar-refractivity contribution is 6.30. The molecule has 2 aromatic carbocycles. The fraction of sp³-hybridized carbons (Fsp3) is 0.333. The van der Waals surface area contributed by atoms with Crippen molar-refractivity contribution in [1.82, 2.24) is 10.2 Å². The molecule has 2 rings (SSSR count). The number of rotatable bonds is 9. The fourth-order valence-electron chi connectivity index (χ4n) is 2.63. The van der Waals surface area contributed by atoms with Gasteiger partial charge in [-0.15, -0.1) is 0 Å². The first kappa shape index (κ1) is 21.6. The SMILES string of the molecule is CCNC(=O)C(C)N(Cc1cccc(OC)c1)C(=O)COc1ccc(Cl)cc1. The van der Waals surface area contributed by atoms with E-state index in [0.29, 0.717) is 23.1 Å². The van der Waals surface area contributed by atoms with Crippen LogP contribution in [-0.2, 0) is 16.1 Å². The molecule has 0 saturated heterocycles. The summed E-state index contributed by atoms with van der Waals surface area (Å²) in [4.78, 5) is 26.7. The van der Waals surface area contributed by atoms with Gasteiger partial charge in [-0.2, -0.15) is 0 Å². The number of carbonyl (C=O) groups excluding carboxylic acids is 2. The third kappa shape index (κ3) is 6.16. The summed E-state index contributed by atoms with van der Waals surface area (Å²) >= 11 is 5.86. The molecule has 0 saturated carbocycles. The average Bonchev–Trinajstić information content (AvgIpc) is 2.71. The smallest absolute Gasteiger partial charge is 0.261 e. The summed E-state index contributed by atoms with van der Waals surface area (Å²) < 4.78 is 10.8. The summed E-state index contributed by atoms with van der Waals surface area (Å²) in [6.07, 6.45) is 0. The molecule has 0 aromatic heterocycles. The van der Waals surface area contributed by atoms with Crippen LogP contribution in [0.15, 0.2) is 48.5 Å². The second-order valence-corrected chi connectivity index (χ2v) is 6.62. The first-order valence-electron chi connectivity index (χ1n) is 9.03. The van der Waals surface area contributed by atoms with Gasteiger partial charge >= 0.3 is 0 Å². The molecule has 1 unspecified atom stereocenters. The molecule has 1 N–H and O–H groups in total. The highest BCUT2D eigenvalue weighted by Crippen LogP contribution is 2.18. The molecular weight excluding hydrogens is 380 g/mol. The molecule has 0 radical (unpaired) electrons. The van der Waals surface area contributed by atoms with Gasteiger partial charge in [0.05, 0.1) is 7.11 Å². The predicted molar refractivity (Wildman–Crippen MR) is 109 cm³/mol. The van der Waals surface area contributed by atoms with Crippen LogP contribution in [0.4, 0.5) is 0 Å². The van der Waals surface area contributed by atoms with Crippen molar-refractivity contribution in [3.05, 3.63) is 59.1 Å². The summed E-state index contributed by atoms with van der Waals surface area (Å²) in [5, 5.41) is 3.34. The van der Waals surface area contributed by atoms with Crippen LogP contribution in [0.5, 0.6) is 11.5 Å². The molecule has 7 heteroatoms. The molecule has 28 heavy (non-hydrogen) atoms. The highest BCUT2D eigenvalue weighted by Gasteiger charge is 2.26. The number of methoxy groups -OCH3 is 1. The van der Waals surface area contributed by atoms with E-state index in [1.54, 1.807) is 38.3 Å². The minimum absolute atomic E-state index is 0.185. The molecule has 0 fully saturated rings. The molecule has 0 spiro atoms. The lowest BCUT2D eigenvalue weighted by atomic mass is 10.1. The zero-order valence-electron chi connectivity index (χ0n) is 16.3. The van der Waals surface area contributed by atoms with Gasteiger partial charge in [0.2, 0.25) is 5.91 Å². The summed E-state index contributed by atoms with van der Waals surface area (Å²) in [5.74, 6) is 0.708. The largest absolute Gasteiger partial charge is 0.497 e. The standard InChI is InChI=1S/C21H25ClN2O4/c1-4-23-21(26)15(2)24(13-16-6-5-7-19(12-16)27-3)20(25)14-28-18-10-8-17(22)9-11-18/h5-12,15H,4,13-14H2,1-3H3,(H,23,26). The van der Waals surface area contributed by atoms with E-state index in [2.05, 4.69) is 5.32 Å². The van der Waals surface area contributed by atoms with Crippen molar-refractivity contribution in [2.45, 2.75) is 26.4 Å². The van der Waals surface area contributed by atoms with Crippen molar-refractivity contribution >= 4 is 23.4 Å². The molecule has 6 nitrogen and oxygen atoms in total. The van der Waals surface area contributed by atoms with Crippen LogP contribution in [-0.4, -0.2) is 43.0 Å². The lowest BCUT2D eigenvalue weighted by molar-refractivity contribution is -0.142. The number of halogens is 1. The number of carbonyl (C=O) groups is 2. The van der Waals surface area contributed by atoms with Gasteiger partial charge < -0.3 is 19.7 Å². The zero-order valence-corrected chi connectivity index (χ0v) is 17.0. The third-order valence-electron chi connectivity index (χ3n) is 4.18. The third-order valence-corrected chi connectivity index (χ3v) is 4.43. The zero-order chi connectivity index (χ0) is 20.5. The monoisotopic (exact) mass is 404 g/mol. The molecule has 2 aromatic rings. The molecule has 0 aliphatic rings. The lowest BCUT2D eigenvalue weighted by Crippen LogP contribution is -2.49. The van der Waals surface area contributed by atoms with Crippen molar-refractivity contribution in [2.75, 3.05) is 20.3 Å². The van der Waals surface area contributed by atoms with Gasteiger partial charge in [-0.1, -0.05) is 23.7 Å². The molecule has 1 atom stereocenters. The maximum Gasteiger partial charge on any atom is 0.261 e.